The maximum absolute atomic E-state index is 12.6. The molecule has 1 saturated carbocycles. The average Bonchev–Trinajstić information content (AvgIpc) is 2.90. The van der Waals surface area contributed by atoms with E-state index >= 15 is 0 Å². The van der Waals surface area contributed by atoms with Crippen molar-refractivity contribution in [1.29, 1.82) is 0 Å². The van der Waals surface area contributed by atoms with Crippen LogP contribution in [0.25, 0.3) is 0 Å². The highest BCUT2D eigenvalue weighted by atomic mass is 16.5. The van der Waals surface area contributed by atoms with Crippen LogP contribution in [-0.2, 0) is 20.7 Å². The van der Waals surface area contributed by atoms with Gasteiger partial charge in [-0.1, -0.05) is 37.3 Å². The molecule has 116 valence electrons. The molecule has 0 aromatic heterocycles. The molecular formula is C18H26O3. The van der Waals surface area contributed by atoms with Crippen molar-refractivity contribution in [2.45, 2.75) is 52.1 Å². The molecule has 0 bridgehead atoms. The first kappa shape index (κ1) is 16.0. The van der Waals surface area contributed by atoms with E-state index < -0.39 is 5.41 Å². The first-order valence-electron chi connectivity index (χ1n) is 8.05. The third-order valence-corrected chi connectivity index (χ3v) is 4.27. The Bertz CT molecular complexity index is 443. The Balaban J connectivity index is 2.23. The number of hydrogen-bond acceptors (Lipinski definition) is 3. The summed E-state index contributed by atoms with van der Waals surface area (Å²) in [6, 6.07) is 10.2. The van der Waals surface area contributed by atoms with Gasteiger partial charge in [0, 0.05) is 6.61 Å². The Kier molecular flexibility index (Phi) is 5.80. The van der Waals surface area contributed by atoms with Gasteiger partial charge >= 0.3 is 5.97 Å². The third kappa shape index (κ3) is 3.65. The molecule has 2 rings (SSSR count). The minimum absolute atomic E-state index is 0.0169. The Morgan fingerprint density at radius 2 is 2.05 bits per heavy atom. The van der Waals surface area contributed by atoms with E-state index in [9.17, 15) is 4.79 Å². The van der Waals surface area contributed by atoms with Crippen molar-refractivity contribution in [2.75, 3.05) is 13.2 Å². The van der Waals surface area contributed by atoms with Crippen LogP contribution in [0.2, 0.25) is 0 Å². The van der Waals surface area contributed by atoms with Crippen molar-refractivity contribution >= 4 is 5.97 Å². The standard InChI is InChI=1S/C18H26O3/c1-3-13-21-16-11-8-12-18(16,17(19)20-4-2)14-15-9-6-5-7-10-15/h5-7,9-10,16H,3-4,8,11-14H2,1-2H3. The van der Waals surface area contributed by atoms with Crippen LogP contribution < -0.4 is 0 Å². The summed E-state index contributed by atoms with van der Waals surface area (Å²) in [4.78, 5) is 12.6. The van der Waals surface area contributed by atoms with Crippen LogP contribution in [0.4, 0.5) is 0 Å². The molecule has 0 spiro atoms. The number of ether oxygens (including phenoxy) is 2. The molecule has 1 fully saturated rings. The zero-order chi connectivity index (χ0) is 15.1. The zero-order valence-electron chi connectivity index (χ0n) is 13.1. The number of carbonyl (C=O) groups excluding carboxylic acids is 1. The van der Waals surface area contributed by atoms with Crippen LogP contribution in [0.5, 0.6) is 0 Å². The Morgan fingerprint density at radius 3 is 2.71 bits per heavy atom. The van der Waals surface area contributed by atoms with Crippen LogP contribution in [0.3, 0.4) is 0 Å². The Hall–Kier alpha value is -1.35. The van der Waals surface area contributed by atoms with E-state index in [1.807, 2.05) is 25.1 Å². The lowest BCUT2D eigenvalue weighted by Gasteiger charge is -2.33. The van der Waals surface area contributed by atoms with Gasteiger partial charge in [-0.05, 0) is 44.6 Å². The van der Waals surface area contributed by atoms with E-state index in [1.165, 1.54) is 5.56 Å². The van der Waals surface area contributed by atoms with Crippen LogP contribution in [0.15, 0.2) is 30.3 Å². The van der Waals surface area contributed by atoms with Gasteiger partial charge in [0.05, 0.1) is 18.1 Å². The molecule has 0 heterocycles. The molecule has 0 radical (unpaired) electrons. The van der Waals surface area contributed by atoms with Crippen LogP contribution >= 0.6 is 0 Å². The second kappa shape index (κ2) is 7.60. The van der Waals surface area contributed by atoms with Gasteiger partial charge in [-0.25, -0.2) is 0 Å². The fraction of sp³-hybridized carbons (Fsp3) is 0.611. The fourth-order valence-electron chi connectivity index (χ4n) is 3.29. The van der Waals surface area contributed by atoms with Crippen molar-refractivity contribution in [3.8, 4) is 0 Å². The molecule has 3 heteroatoms. The van der Waals surface area contributed by atoms with E-state index in [0.717, 1.165) is 25.7 Å². The third-order valence-electron chi connectivity index (χ3n) is 4.27. The molecule has 3 nitrogen and oxygen atoms in total. The minimum atomic E-state index is -0.507. The van der Waals surface area contributed by atoms with Crippen LogP contribution in [0.1, 0.15) is 45.1 Å². The first-order valence-corrected chi connectivity index (χ1v) is 8.05. The summed E-state index contributed by atoms with van der Waals surface area (Å²) in [5.41, 5.74) is 0.671. The number of rotatable bonds is 7. The van der Waals surface area contributed by atoms with Crippen LogP contribution in [0, 0.1) is 5.41 Å². The molecule has 2 unspecified atom stereocenters. The zero-order valence-corrected chi connectivity index (χ0v) is 13.1. The largest absolute Gasteiger partial charge is 0.465 e. The molecule has 1 aliphatic rings. The number of benzene rings is 1. The highest BCUT2D eigenvalue weighted by Crippen LogP contribution is 2.44. The van der Waals surface area contributed by atoms with E-state index in [1.54, 1.807) is 0 Å². The molecule has 21 heavy (non-hydrogen) atoms. The Morgan fingerprint density at radius 1 is 1.29 bits per heavy atom. The highest BCUT2D eigenvalue weighted by Gasteiger charge is 2.50. The summed E-state index contributed by atoms with van der Waals surface area (Å²) in [5, 5.41) is 0. The molecule has 2 atom stereocenters. The lowest BCUT2D eigenvalue weighted by Crippen LogP contribution is -2.43. The monoisotopic (exact) mass is 290 g/mol. The summed E-state index contributed by atoms with van der Waals surface area (Å²) in [6.07, 6.45) is 4.50. The summed E-state index contributed by atoms with van der Waals surface area (Å²) in [6.45, 7) is 5.10. The fourth-order valence-corrected chi connectivity index (χ4v) is 3.29. The average molecular weight is 290 g/mol. The summed E-state index contributed by atoms with van der Waals surface area (Å²) < 4.78 is 11.4. The summed E-state index contributed by atoms with van der Waals surface area (Å²) >= 11 is 0. The first-order chi connectivity index (χ1) is 10.2. The summed E-state index contributed by atoms with van der Waals surface area (Å²) in [7, 11) is 0. The Labute approximate surface area is 127 Å². The normalized spacial score (nSPS) is 25.0. The van der Waals surface area contributed by atoms with Gasteiger partial charge in [0.25, 0.3) is 0 Å². The van der Waals surface area contributed by atoms with Crippen molar-refractivity contribution in [2.24, 2.45) is 5.41 Å². The van der Waals surface area contributed by atoms with Crippen LogP contribution in [-0.4, -0.2) is 25.3 Å². The lowest BCUT2D eigenvalue weighted by molar-refractivity contribution is -0.164. The van der Waals surface area contributed by atoms with Gasteiger partial charge in [0.15, 0.2) is 0 Å². The van der Waals surface area contributed by atoms with Crippen molar-refractivity contribution < 1.29 is 14.3 Å². The number of hydrogen-bond donors (Lipinski definition) is 0. The molecule has 0 saturated heterocycles. The molecule has 1 aromatic carbocycles. The van der Waals surface area contributed by atoms with Gasteiger partial charge in [-0.2, -0.15) is 0 Å². The molecule has 0 amide bonds. The second-order valence-corrected chi connectivity index (χ2v) is 5.79. The molecule has 0 N–H and O–H groups in total. The predicted molar refractivity (Wildman–Crippen MR) is 83.1 cm³/mol. The summed E-state index contributed by atoms with van der Waals surface area (Å²) in [5.74, 6) is -0.0903. The minimum Gasteiger partial charge on any atom is -0.465 e. The second-order valence-electron chi connectivity index (χ2n) is 5.79. The van der Waals surface area contributed by atoms with Gasteiger partial charge in [0.2, 0.25) is 0 Å². The van der Waals surface area contributed by atoms with Gasteiger partial charge in [-0.3, -0.25) is 4.79 Å². The number of carbonyl (C=O) groups is 1. The quantitative estimate of drug-likeness (QED) is 0.717. The number of esters is 1. The van der Waals surface area contributed by atoms with E-state index in [0.29, 0.717) is 19.6 Å². The highest BCUT2D eigenvalue weighted by molar-refractivity contribution is 5.78. The van der Waals surface area contributed by atoms with Crippen molar-refractivity contribution in [3.05, 3.63) is 35.9 Å². The maximum atomic E-state index is 12.6. The molecule has 0 aliphatic heterocycles. The molecule has 1 aromatic rings. The van der Waals surface area contributed by atoms with E-state index in [4.69, 9.17) is 9.47 Å². The maximum Gasteiger partial charge on any atom is 0.315 e. The topological polar surface area (TPSA) is 35.5 Å². The van der Waals surface area contributed by atoms with E-state index in [2.05, 4.69) is 19.1 Å². The van der Waals surface area contributed by atoms with E-state index in [-0.39, 0.29) is 12.1 Å². The van der Waals surface area contributed by atoms with Crippen molar-refractivity contribution in [1.82, 2.24) is 0 Å². The lowest BCUT2D eigenvalue weighted by atomic mass is 9.78. The predicted octanol–water partition coefficient (Wildman–Crippen LogP) is 3.76. The SMILES string of the molecule is CCCOC1CCCC1(Cc1ccccc1)C(=O)OCC. The van der Waals surface area contributed by atoms with Crippen molar-refractivity contribution in [3.63, 3.8) is 0 Å². The molecule has 1 aliphatic carbocycles. The van der Waals surface area contributed by atoms with Gasteiger partial charge in [0.1, 0.15) is 0 Å². The van der Waals surface area contributed by atoms with Gasteiger partial charge in [-0.15, -0.1) is 0 Å². The smallest absolute Gasteiger partial charge is 0.315 e. The van der Waals surface area contributed by atoms with Gasteiger partial charge < -0.3 is 9.47 Å². The molecular weight excluding hydrogens is 264 g/mol.